The van der Waals surface area contributed by atoms with Crippen molar-refractivity contribution < 1.29 is 14.3 Å². The molecule has 1 aromatic rings. The Morgan fingerprint density at radius 2 is 2.22 bits per heavy atom. The number of hydrogen-bond donors (Lipinski definition) is 1. The van der Waals surface area contributed by atoms with Crippen LogP contribution >= 0.6 is 0 Å². The largest absolute Gasteiger partial charge is 0.443 e. The number of rotatable bonds is 9. The molecule has 0 aliphatic carbocycles. The maximum Gasteiger partial charge on any atom is 0.414 e. The lowest BCUT2D eigenvalue weighted by Crippen LogP contribution is -2.27. The number of nitrogens with two attached hydrogens (primary N) is 1. The second-order valence-corrected chi connectivity index (χ2v) is 5.37. The molecule has 1 aliphatic rings. The summed E-state index contributed by atoms with van der Waals surface area (Å²) in [5.41, 5.74) is 7.53. The van der Waals surface area contributed by atoms with Crippen LogP contribution in [0.15, 0.2) is 37.0 Å². The molecule has 1 aliphatic heterocycles. The lowest BCUT2D eigenvalue weighted by molar-refractivity contribution is 0.126. The minimum atomic E-state index is -0.336. The van der Waals surface area contributed by atoms with E-state index >= 15 is 0 Å². The predicted molar refractivity (Wildman–Crippen MR) is 90.2 cm³/mol. The highest BCUT2D eigenvalue weighted by molar-refractivity contribution is 5.89. The summed E-state index contributed by atoms with van der Waals surface area (Å²) in [6, 6.07) is 7.88. The van der Waals surface area contributed by atoms with Gasteiger partial charge >= 0.3 is 6.09 Å². The van der Waals surface area contributed by atoms with Crippen LogP contribution in [0.2, 0.25) is 0 Å². The highest BCUT2D eigenvalue weighted by atomic mass is 16.6. The van der Waals surface area contributed by atoms with Gasteiger partial charge < -0.3 is 20.1 Å². The summed E-state index contributed by atoms with van der Waals surface area (Å²) in [7, 11) is 0. The third-order valence-electron chi connectivity index (χ3n) is 3.76. The Bertz CT molecular complexity index is 518. The highest BCUT2D eigenvalue weighted by Crippen LogP contribution is 2.22. The van der Waals surface area contributed by atoms with Gasteiger partial charge in [0, 0.05) is 31.9 Å². The third-order valence-corrected chi connectivity index (χ3v) is 3.76. The SMILES string of the molecule is C=CN(CCOCC)Cc1ccc(N2CC(CN)OC2=O)cc1. The van der Waals surface area contributed by atoms with Crippen molar-refractivity contribution >= 4 is 11.8 Å². The molecule has 0 radical (unpaired) electrons. The number of cyclic esters (lactones) is 1. The zero-order chi connectivity index (χ0) is 16.7. The summed E-state index contributed by atoms with van der Waals surface area (Å²) in [4.78, 5) is 15.5. The molecule has 1 saturated heterocycles. The average molecular weight is 319 g/mol. The quantitative estimate of drug-likeness (QED) is 0.705. The van der Waals surface area contributed by atoms with Gasteiger partial charge in [-0.3, -0.25) is 4.90 Å². The summed E-state index contributed by atoms with van der Waals surface area (Å²) in [5, 5.41) is 0. The van der Waals surface area contributed by atoms with E-state index in [0.29, 0.717) is 19.7 Å². The Labute approximate surface area is 137 Å². The van der Waals surface area contributed by atoms with E-state index in [4.69, 9.17) is 15.2 Å². The van der Waals surface area contributed by atoms with Crippen LogP contribution in [0.3, 0.4) is 0 Å². The Morgan fingerprint density at radius 3 is 2.78 bits per heavy atom. The molecule has 1 amide bonds. The number of anilines is 1. The standard InChI is InChI=1S/C17H25N3O3/c1-3-19(9-10-22-4-2)12-14-5-7-15(8-6-14)20-13-16(11-18)23-17(20)21/h3,5-8,16H,1,4,9-13,18H2,2H3. The zero-order valence-electron chi connectivity index (χ0n) is 13.6. The van der Waals surface area contributed by atoms with Crippen LogP contribution in [-0.2, 0) is 16.0 Å². The average Bonchev–Trinajstić information content (AvgIpc) is 2.96. The van der Waals surface area contributed by atoms with E-state index in [1.54, 1.807) is 4.90 Å². The maximum absolute atomic E-state index is 11.8. The van der Waals surface area contributed by atoms with Gasteiger partial charge in [0.25, 0.3) is 0 Å². The summed E-state index contributed by atoms with van der Waals surface area (Å²) in [6.45, 7) is 9.62. The first-order valence-electron chi connectivity index (χ1n) is 7.89. The Kier molecular flexibility index (Phi) is 6.43. The van der Waals surface area contributed by atoms with Crippen molar-refractivity contribution in [2.45, 2.75) is 19.6 Å². The van der Waals surface area contributed by atoms with Gasteiger partial charge in [-0.2, -0.15) is 0 Å². The first-order chi connectivity index (χ1) is 11.2. The molecular weight excluding hydrogens is 294 g/mol. The molecule has 1 fully saturated rings. The molecule has 0 saturated carbocycles. The molecule has 0 spiro atoms. The van der Waals surface area contributed by atoms with Crippen LogP contribution in [-0.4, -0.2) is 49.9 Å². The Balaban J connectivity index is 1.93. The molecule has 6 heteroatoms. The molecule has 126 valence electrons. The van der Waals surface area contributed by atoms with Gasteiger partial charge in [0.05, 0.1) is 13.2 Å². The fourth-order valence-corrected chi connectivity index (χ4v) is 2.43. The minimum absolute atomic E-state index is 0.225. The lowest BCUT2D eigenvalue weighted by Gasteiger charge is -2.20. The third kappa shape index (κ3) is 4.71. The Hall–Kier alpha value is -2.05. The first kappa shape index (κ1) is 17.3. The Morgan fingerprint density at radius 1 is 1.48 bits per heavy atom. The van der Waals surface area contributed by atoms with Crippen LogP contribution in [0, 0.1) is 0 Å². The topological polar surface area (TPSA) is 68.0 Å². The number of amides is 1. The van der Waals surface area contributed by atoms with Gasteiger partial charge in [-0.05, 0) is 30.8 Å². The summed E-state index contributed by atoms with van der Waals surface area (Å²) in [5.74, 6) is 0. The van der Waals surface area contributed by atoms with E-state index in [1.165, 1.54) is 0 Å². The zero-order valence-corrected chi connectivity index (χ0v) is 13.6. The number of hydrogen-bond acceptors (Lipinski definition) is 5. The number of carbonyl (C=O) groups excluding carboxylic acids is 1. The normalized spacial score (nSPS) is 17.2. The number of nitrogens with zero attached hydrogens (tertiary/aromatic N) is 2. The molecule has 1 atom stereocenters. The van der Waals surface area contributed by atoms with E-state index in [-0.39, 0.29) is 12.2 Å². The molecule has 0 bridgehead atoms. The van der Waals surface area contributed by atoms with Gasteiger partial charge in [0.1, 0.15) is 6.10 Å². The highest BCUT2D eigenvalue weighted by Gasteiger charge is 2.31. The van der Waals surface area contributed by atoms with E-state index in [9.17, 15) is 4.79 Å². The van der Waals surface area contributed by atoms with Gasteiger partial charge in [-0.1, -0.05) is 18.7 Å². The van der Waals surface area contributed by atoms with Gasteiger partial charge in [-0.15, -0.1) is 0 Å². The number of ether oxygens (including phenoxy) is 2. The smallest absolute Gasteiger partial charge is 0.414 e. The summed E-state index contributed by atoms with van der Waals surface area (Å²) in [6.07, 6.45) is 1.26. The molecule has 23 heavy (non-hydrogen) atoms. The fraction of sp³-hybridized carbons (Fsp3) is 0.471. The second-order valence-electron chi connectivity index (χ2n) is 5.37. The van der Waals surface area contributed by atoms with Crippen molar-refractivity contribution in [2.24, 2.45) is 5.73 Å². The second kappa shape index (κ2) is 8.55. The number of benzene rings is 1. The van der Waals surface area contributed by atoms with E-state index in [1.807, 2.05) is 37.4 Å². The van der Waals surface area contributed by atoms with E-state index < -0.39 is 0 Å². The molecular formula is C17H25N3O3. The van der Waals surface area contributed by atoms with Crippen LogP contribution in [0.1, 0.15) is 12.5 Å². The van der Waals surface area contributed by atoms with E-state index in [2.05, 4.69) is 11.5 Å². The molecule has 1 heterocycles. The van der Waals surface area contributed by atoms with E-state index in [0.717, 1.165) is 30.9 Å². The monoisotopic (exact) mass is 319 g/mol. The molecule has 1 unspecified atom stereocenters. The lowest BCUT2D eigenvalue weighted by atomic mass is 10.2. The number of carbonyl (C=O) groups is 1. The van der Waals surface area contributed by atoms with Crippen LogP contribution < -0.4 is 10.6 Å². The first-order valence-corrected chi connectivity index (χ1v) is 7.89. The molecule has 2 rings (SSSR count). The van der Waals surface area contributed by atoms with Crippen molar-refractivity contribution in [2.75, 3.05) is 37.7 Å². The molecule has 6 nitrogen and oxygen atoms in total. The molecule has 1 aromatic carbocycles. The molecule has 0 aromatic heterocycles. The fourth-order valence-electron chi connectivity index (χ4n) is 2.43. The summed E-state index contributed by atoms with van der Waals surface area (Å²) >= 11 is 0. The predicted octanol–water partition coefficient (Wildman–Crippen LogP) is 1.95. The van der Waals surface area contributed by atoms with Crippen molar-refractivity contribution in [3.8, 4) is 0 Å². The van der Waals surface area contributed by atoms with Crippen LogP contribution in [0.25, 0.3) is 0 Å². The van der Waals surface area contributed by atoms with Crippen LogP contribution in [0.4, 0.5) is 10.5 Å². The minimum Gasteiger partial charge on any atom is -0.443 e. The molecule has 2 N–H and O–H groups in total. The van der Waals surface area contributed by atoms with Crippen molar-refractivity contribution in [1.29, 1.82) is 0 Å². The van der Waals surface area contributed by atoms with Gasteiger partial charge in [-0.25, -0.2) is 4.79 Å². The van der Waals surface area contributed by atoms with Crippen LogP contribution in [0.5, 0.6) is 0 Å². The van der Waals surface area contributed by atoms with Crippen molar-refractivity contribution in [3.63, 3.8) is 0 Å². The van der Waals surface area contributed by atoms with Gasteiger partial charge in [0.2, 0.25) is 0 Å². The maximum atomic E-state index is 11.8. The summed E-state index contributed by atoms with van der Waals surface area (Å²) < 4.78 is 10.5. The van der Waals surface area contributed by atoms with Crippen molar-refractivity contribution in [3.05, 3.63) is 42.6 Å². The van der Waals surface area contributed by atoms with Crippen molar-refractivity contribution in [1.82, 2.24) is 4.90 Å². The van der Waals surface area contributed by atoms with Gasteiger partial charge in [0.15, 0.2) is 0 Å².